The maximum Gasteiger partial charge on any atom is 0.446 e. The number of nitrogens with zero attached hydrogens (tertiary/aromatic N) is 4. The van der Waals surface area contributed by atoms with Gasteiger partial charge in [0.2, 0.25) is 5.82 Å². The van der Waals surface area contributed by atoms with Gasteiger partial charge in [0.15, 0.2) is 5.03 Å². The Bertz CT molecular complexity index is 526. The number of pyridine rings is 1. The lowest BCUT2D eigenvalue weighted by atomic mass is 10.1. The van der Waals surface area contributed by atoms with Crippen molar-refractivity contribution < 1.29 is 19.9 Å². The fourth-order valence-corrected chi connectivity index (χ4v) is 2.17. The van der Waals surface area contributed by atoms with Crippen LogP contribution in [0, 0.1) is 20.2 Å². The van der Waals surface area contributed by atoms with Crippen LogP contribution in [-0.2, 0) is 4.79 Å². The first-order valence-electron chi connectivity index (χ1n) is 5.60. The summed E-state index contributed by atoms with van der Waals surface area (Å²) in [5, 5.41) is 30.7. The molecule has 0 radical (unpaired) electrons. The van der Waals surface area contributed by atoms with Crippen molar-refractivity contribution in [3.8, 4) is 0 Å². The summed E-state index contributed by atoms with van der Waals surface area (Å²) < 4.78 is 0. The molecule has 0 aromatic carbocycles. The van der Waals surface area contributed by atoms with Crippen LogP contribution in [0.2, 0.25) is 0 Å². The number of hydrogen-bond donors (Lipinski definition) is 1. The van der Waals surface area contributed by atoms with Gasteiger partial charge >= 0.3 is 11.6 Å². The number of anilines is 1. The van der Waals surface area contributed by atoms with Gasteiger partial charge < -0.3 is 5.11 Å². The summed E-state index contributed by atoms with van der Waals surface area (Å²) in [5.74, 6) is -2.27. The number of carbonyl (C=O) groups is 1. The molecule has 0 aliphatic rings. The lowest BCUT2D eigenvalue weighted by Gasteiger charge is -2.25. The summed E-state index contributed by atoms with van der Waals surface area (Å²) in [5.41, 5.74) is -2.92. The standard InChI is InChI=1S/C10H12N4O6S/c1-21-7-5-10(9(15)16,13(17)18)12(14(19)20)8-4-2-3-6-11-8/h2-4,6H,5,7H2,1H3,(H,15,16). The van der Waals surface area contributed by atoms with Gasteiger partial charge in [0.05, 0.1) is 11.3 Å². The van der Waals surface area contributed by atoms with E-state index in [1.807, 2.05) is 0 Å². The van der Waals surface area contributed by atoms with E-state index >= 15 is 0 Å². The van der Waals surface area contributed by atoms with Gasteiger partial charge in [0.1, 0.15) is 0 Å². The Balaban J connectivity index is 3.47. The zero-order chi connectivity index (χ0) is 16.0. The summed E-state index contributed by atoms with van der Waals surface area (Å²) in [4.78, 5) is 36.5. The molecule has 1 aromatic heterocycles. The summed E-state index contributed by atoms with van der Waals surface area (Å²) in [7, 11) is 0. The average Bonchev–Trinajstić information content (AvgIpc) is 2.43. The minimum Gasteiger partial charge on any atom is -0.474 e. The van der Waals surface area contributed by atoms with Crippen molar-refractivity contribution in [2.75, 3.05) is 17.0 Å². The quantitative estimate of drug-likeness (QED) is 0.420. The number of carboxylic acid groups (broad SMARTS) is 1. The molecule has 1 unspecified atom stereocenters. The van der Waals surface area contributed by atoms with Crippen molar-refractivity contribution in [1.29, 1.82) is 0 Å². The predicted octanol–water partition coefficient (Wildman–Crippen LogP) is 0.890. The van der Waals surface area contributed by atoms with Crippen molar-refractivity contribution in [1.82, 2.24) is 4.98 Å². The average molecular weight is 316 g/mol. The Morgan fingerprint density at radius 2 is 2.14 bits per heavy atom. The number of hydrogen-bond acceptors (Lipinski definition) is 7. The van der Waals surface area contributed by atoms with Crippen molar-refractivity contribution >= 4 is 23.5 Å². The first-order chi connectivity index (χ1) is 9.87. The second-order valence-electron chi connectivity index (χ2n) is 3.86. The highest BCUT2D eigenvalue weighted by Crippen LogP contribution is 2.28. The SMILES string of the molecule is CSCCC(C(=O)O)(N(c1ccccn1)[N+](=O)[O-])[N+](=O)[O-]. The molecular formula is C10H12N4O6S. The van der Waals surface area contributed by atoms with Crippen molar-refractivity contribution in [3.05, 3.63) is 44.6 Å². The van der Waals surface area contributed by atoms with E-state index in [2.05, 4.69) is 4.98 Å². The molecule has 0 amide bonds. The molecule has 11 heteroatoms. The van der Waals surface area contributed by atoms with Crippen molar-refractivity contribution in [2.45, 2.75) is 12.1 Å². The molecule has 114 valence electrons. The van der Waals surface area contributed by atoms with Crippen LogP contribution in [0.5, 0.6) is 0 Å². The van der Waals surface area contributed by atoms with Gasteiger partial charge in [-0.3, -0.25) is 10.1 Å². The van der Waals surface area contributed by atoms with E-state index in [1.54, 1.807) is 6.26 Å². The molecule has 10 nitrogen and oxygen atoms in total. The minimum atomic E-state index is -2.92. The molecule has 1 heterocycles. The monoisotopic (exact) mass is 316 g/mol. The topological polar surface area (TPSA) is 140 Å². The fraction of sp³-hybridized carbons (Fsp3) is 0.400. The number of thioether (sulfide) groups is 1. The molecule has 0 bridgehead atoms. The van der Waals surface area contributed by atoms with Gasteiger partial charge in [-0.15, -0.1) is 0 Å². The summed E-state index contributed by atoms with van der Waals surface area (Å²) in [6.07, 6.45) is 2.25. The van der Waals surface area contributed by atoms with Gasteiger partial charge in [0, 0.05) is 17.0 Å². The zero-order valence-corrected chi connectivity index (χ0v) is 11.7. The molecule has 0 spiro atoms. The maximum atomic E-state index is 11.5. The van der Waals surface area contributed by atoms with Crippen molar-refractivity contribution in [2.24, 2.45) is 0 Å². The molecule has 1 rings (SSSR count). The first-order valence-corrected chi connectivity index (χ1v) is 6.99. The number of aromatic nitrogens is 1. The molecule has 0 saturated carbocycles. The Morgan fingerprint density at radius 3 is 2.52 bits per heavy atom. The van der Waals surface area contributed by atoms with Crippen LogP contribution >= 0.6 is 11.8 Å². The Kier molecular flexibility index (Phi) is 5.41. The first kappa shape index (κ1) is 16.6. The van der Waals surface area contributed by atoms with E-state index in [4.69, 9.17) is 0 Å². The van der Waals surface area contributed by atoms with Crippen LogP contribution in [-0.4, -0.2) is 43.7 Å². The largest absolute Gasteiger partial charge is 0.474 e. The molecule has 1 aromatic rings. The van der Waals surface area contributed by atoms with Gasteiger partial charge in [-0.05, 0) is 18.4 Å². The van der Waals surface area contributed by atoms with Crippen LogP contribution in [0.1, 0.15) is 6.42 Å². The van der Waals surface area contributed by atoms with E-state index in [9.17, 15) is 30.1 Å². The van der Waals surface area contributed by atoms with Gasteiger partial charge in [-0.25, -0.2) is 19.9 Å². The van der Waals surface area contributed by atoms with E-state index in [-0.39, 0.29) is 10.8 Å². The highest BCUT2D eigenvalue weighted by Gasteiger charge is 2.64. The van der Waals surface area contributed by atoms with E-state index < -0.39 is 33.8 Å². The molecule has 0 saturated heterocycles. The molecule has 0 aliphatic heterocycles. The number of hydrazine groups is 1. The second-order valence-corrected chi connectivity index (χ2v) is 4.84. The Morgan fingerprint density at radius 1 is 1.48 bits per heavy atom. The van der Waals surface area contributed by atoms with Crippen LogP contribution in [0.3, 0.4) is 0 Å². The molecular weight excluding hydrogens is 304 g/mol. The van der Waals surface area contributed by atoms with Crippen LogP contribution in [0.4, 0.5) is 5.82 Å². The van der Waals surface area contributed by atoms with Gasteiger partial charge in [-0.2, -0.15) is 11.8 Å². The highest BCUT2D eigenvalue weighted by atomic mass is 32.2. The van der Waals surface area contributed by atoms with Gasteiger partial charge in [-0.1, -0.05) is 6.07 Å². The third kappa shape index (κ3) is 3.18. The number of nitro groups is 2. The second kappa shape index (κ2) is 6.83. The fourth-order valence-electron chi connectivity index (χ4n) is 1.68. The molecule has 1 N–H and O–H groups in total. The Hall–Kier alpha value is -2.43. The Labute approximate surface area is 123 Å². The number of aliphatic carboxylic acids is 1. The zero-order valence-electron chi connectivity index (χ0n) is 10.9. The third-order valence-electron chi connectivity index (χ3n) is 2.68. The minimum absolute atomic E-state index is 0.00838. The lowest BCUT2D eigenvalue weighted by molar-refractivity contribution is -0.625. The summed E-state index contributed by atoms with van der Waals surface area (Å²) in [6.45, 7) is 0. The molecule has 21 heavy (non-hydrogen) atoms. The highest BCUT2D eigenvalue weighted by molar-refractivity contribution is 7.98. The van der Waals surface area contributed by atoms with E-state index in [0.29, 0.717) is 0 Å². The predicted molar refractivity (Wildman–Crippen MR) is 74.1 cm³/mol. The van der Waals surface area contributed by atoms with Crippen LogP contribution in [0.25, 0.3) is 0 Å². The summed E-state index contributed by atoms with van der Waals surface area (Å²) in [6, 6.07) is 3.97. The van der Waals surface area contributed by atoms with Crippen molar-refractivity contribution in [3.63, 3.8) is 0 Å². The molecule has 1 atom stereocenters. The third-order valence-corrected chi connectivity index (χ3v) is 3.29. The van der Waals surface area contributed by atoms with E-state index in [0.717, 1.165) is 17.8 Å². The number of rotatable bonds is 8. The normalized spacial score (nSPS) is 13.2. The van der Waals surface area contributed by atoms with Crippen LogP contribution in [0.15, 0.2) is 24.4 Å². The lowest BCUT2D eigenvalue weighted by Crippen LogP contribution is -2.63. The smallest absolute Gasteiger partial charge is 0.446 e. The number of carboxylic acids is 1. The summed E-state index contributed by atoms with van der Waals surface area (Å²) >= 11 is 1.15. The van der Waals surface area contributed by atoms with Crippen LogP contribution < -0.4 is 5.01 Å². The van der Waals surface area contributed by atoms with Gasteiger partial charge in [0.25, 0.3) is 0 Å². The van der Waals surface area contributed by atoms with E-state index in [1.165, 1.54) is 18.3 Å². The molecule has 0 aliphatic carbocycles. The maximum absolute atomic E-state index is 11.5. The molecule has 0 fully saturated rings.